The number of thioether (sulfide) groups is 1. The molecule has 0 fully saturated rings. The van der Waals surface area contributed by atoms with Gasteiger partial charge >= 0.3 is 0 Å². The molecule has 0 bridgehead atoms. The number of benzene rings is 1. The Balaban J connectivity index is 2.05. The summed E-state index contributed by atoms with van der Waals surface area (Å²) in [6, 6.07) is 7.84. The molecule has 0 saturated carbocycles. The molecule has 94 valence electrons. The van der Waals surface area contributed by atoms with E-state index in [1.165, 1.54) is 12.8 Å². The minimum atomic E-state index is 0.608. The normalized spacial score (nSPS) is 18.3. The van der Waals surface area contributed by atoms with Gasteiger partial charge < -0.3 is 5.32 Å². The molecule has 2 rings (SSSR count). The summed E-state index contributed by atoms with van der Waals surface area (Å²) >= 11 is 1.81. The topological polar surface area (TPSA) is 48.2 Å². The summed E-state index contributed by atoms with van der Waals surface area (Å²) in [4.78, 5) is 4.51. The van der Waals surface area contributed by atoms with Crippen molar-refractivity contribution in [2.24, 2.45) is 4.99 Å². The SMILES string of the molecule is CCCC1CN=C(Nc2cc(C#N)ccc2C)S1. The lowest BCUT2D eigenvalue weighted by Crippen LogP contribution is -2.08. The van der Waals surface area contributed by atoms with Crippen molar-refractivity contribution in [3.8, 4) is 6.07 Å². The first-order chi connectivity index (χ1) is 8.72. The van der Waals surface area contributed by atoms with Gasteiger partial charge in [0, 0.05) is 10.9 Å². The lowest BCUT2D eigenvalue weighted by atomic mass is 10.1. The Kier molecular flexibility index (Phi) is 4.27. The molecule has 0 saturated heterocycles. The van der Waals surface area contributed by atoms with Crippen LogP contribution >= 0.6 is 11.8 Å². The summed E-state index contributed by atoms with van der Waals surface area (Å²) in [5.41, 5.74) is 2.80. The Labute approximate surface area is 112 Å². The van der Waals surface area contributed by atoms with E-state index in [1.807, 2.05) is 36.9 Å². The molecule has 3 nitrogen and oxygen atoms in total. The Morgan fingerprint density at radius 1 is 1.56 bits per heavy atom. The second kappa shape index (κ2) is 5.92. The van der Waals surface area contributed by atoms with Crippen LogP contribution in [0.5, 0.6) is 0 Å². The number of nitriles is 1. The van der Waals surface area contributed by atoms with E-state index in [2.05, 4.69) is 23.3 Å². The van der Waals surface area contributed by atoms with Crippen molar-refractivity contribution < 1.29 is 0 Å². The van der Waals surface area contributed by atoms with Crippen LogP contribution in [-0.4, -0.2) is 17.0 Å². The highest BCUT2D eigenvalue weighted by molar-refractivity contribution is 8.15. The minimum Gasteiger partial charge on any atom is -0.335 e. The molecule has 1 aromatic rings. The van der Waals surface area contributed by atoms with Crippen LogP contribution in [0, 0.1) is 18.3 Å². The molecule has 1 atom stereocenters. The maximum Gasteiger partial charge on any atom is 0.161 e. The van der Waals surface area contributed by atoms with Crippen LogP contribution in [0.3, 0.4) is 0 Å². The highest BCUT2D eigenvalue weighted by Gasteiger charge is 2.19. The Hall–Kier alpha value is -1.47. The highest BCUT2D eigenvalue weighted by atomic mass is 32.2. The third-order valence-electron chi connectivity index (χ3n) is 2.94. The van der Waals surface area contributed by atoms with Crippen LogP contribution in [0.2, 0.25) is 0 Å². The van der Waals surface area contributed by atoms with E-state index >= 15 is 0 Å². The summed E-state index contributed by atoms with van der Waals surface area (Å²) in [5.74, 6) is 0. The molecule has 0 aliphatic carbocycles. The molecular weight excluding hydrogens is 242 g/mol. The van der Waals surface area contributed by atoms with Gasteiger partial charge in [0.25, 0.3) is 0 Å². The first-order valence-corrected chi connectivity index (χ1v) is 7.09. The van der Waals surface area contributed by atoms with Gasteiger partial charge in [0.1, 0.15) is 0 Å². The molecule has 1 heterocycles. The van der Waals surface area contributed by atoms with Crippen molar-refractivity contribution in [3.05, 3.63) is 29.3 Å². The molecule has 0 radical (unpaired) electrons. The van der Waals surface area contributed by atoms with Crippen molar-refractivity contribution in [1.82, 2.24) is 0 Å². The van der Waals surface area contributed by atoms with Crippen LogP contribution in [-0.2, 0) is 0 Å². The molecule has 1 aliphatic rings. The van der Waals surface area contributed by atoms with Gasteiger partial charge in [-0.1, -0.05) is 31.2 Å². The third kappa shape index (κ3) is 3.05. The summed E-state index contributed by atoms with van der Waals surface area (Å²) in [7, 11) is 0. The monoisotopic (exact) mass is 259 g/mol. The quantitative estimate of drug-likeness (QED) is 0.903. The maximum absolute atomic E-state index is 8.91. The van der Waals surface area contributed by atoms with Gasteiger partial charge in [0.15, 0.2) is 5.17 Å². The van der Waals surface area contributed by atoms with Gasteiger partial charge in [-0.2, -0.15) is 5.26 Å². The van der Waals surface area contributed by atoms with Gasteiger partial charge in [0.2, 0.25) is 0 Å². The number of anilines is 1. The number of hydrogen-bond donors (Lipinski definition) is 1. The fraction of sp³-hybridized carbons (Fsp3) is 0.429. The second-order valence-corrected chi connectivity index (χ2v) is 5.73. The number of aliphatic imine (C=N–C) groups is 1. The zero-order valence-corrected chi connectivity index (χ0v) is 11.5. The molecule has 1 unspecified atom stereocenters. The van der Waals surface area contributed by atoms with E-state index in [9.17, 15) is 0 Å². The first kappa shape index (κ1) is 13.0. The smallest absolute Gasteiger partial charge is 0.161 e. The molecule has 0 amide bonds. The molecule has 1 aliphatic heterocycles. The molecule has 0 aromatic heterocycles. The van der Waals surface area contributed by atoms with Crippen molar-refractivity contribution >= 4 is 22.6 Å². The highest BCUT2D eigenvalue weighted by Crippen LogP contribution is 2.27. The van der Waals surface area contributed by atoms with Crippen LogP contribution in [0.15, 0.2) is 23.2 Å². The summed E-state index contributed by atoms with van der Waals surface area (Å²) in [6.07, 6.45) is 2.40. The van der Waals surface area contributed by atoms with Crippen LogP contribution < -0.4 is 5.32 Å². The summed E-state index contributed by atoms with van der Waals surface area (Å²) < 4.78 is 0. The Morgan fingerprint density at radius 3 is 3.11 bits per heavy atom. The summed E-state index contributed by atoms with van der Waals surface area (Å²) in [6.45, 7) is 5.14. The van der Waals surface area contributed by atoms with Crippen molar-refractivity contribution in [2.45, 2.75) is 31.9 Å². The first-order valence-electron chi connectivity index (χ1n) is 6.21. The number of hydrogen-bond acceptors (Lipinski definition) is 4. The molecule has 0 spiro atoms. The molecule has 18 heavy (non-hydrogen) atoms. The Bertz CT molecular complexity index is 502. The van der Waals surface area contributed by atoms with Gasteiger partial charge in [-0.05, 0) is 31.0 Å². The largest absolute Gasteiger partial charge is 0.335 e. The van der Waals surface area contributed by atoms with Crippen LogP contribution in [0.25, 0.3) is 0 Å². The van der Waals surface area contributed by atoms with Gasteiger partial charge in [-0.25, -0.2) is 0 Å². The fourth-order valence-electron chi connectivity index (χ4n) is 1.90. The van der Waals surface area contributed by atoms with E-state index in [0.717, 1.165) is 23.0 Å². The number of aryl methyl sites for hydroxylation is 1. The standard InChI is InChI=1S/C14H17N3S/c1-3-4-12-9-16-14(18-12)17-13-7-11(8-15)6-5-10(13)2/h5-7,12H,3-4,9H2,1-2H3,(H,16,17). The molecular formula is C14H17N3S. The predicted octanol–water partition coefficient (Wildman–Crippen LogP) is 3.55. The average Bonchev–Trinajstić information content (AvgIpc) is 2.80. The average molecular weight is 259 g/mol. The molecule has 4 heteroatoms. The van der Waals surface area contributed by atoms with Crippen LogP contribution in [0.1, 0.15) is 30.9 Å². The Morgan fingerprint density at radius 2 is 2.39 bits per heavy atom. The van der Waals surface area contributed by atoms with Crippen molar-refractivity contribution in [1.29, 1.82) is 5.26 Å². The van der Waals surface area contributed by atoms with Crippen molar-refractivity contribution in [3.63, 3.8) is 0 Å². The van der Waals surface area contributed by atoms with Crippen molar-refractivity contribution in [2.75, 3.05) is 11.9 Å². The summed E-state index contributed by atoms with van der Waals surface area (Å²) in [5, 5.41) is 13.8. The molecule has 1 N–H and O–H groups in total. The zero-order valence-electron chi connectivity index (χ0n) is 10.7. The van der Waals surface area contributed by atoms with Gasteiger partial charge in [-0.3, -0.25) is 4.99 Å². The van der Waals surface area contributed by atoms with E-state index in [-0.39, 0.29) is 0 Å². The van der Waals surface area contributed by atoms with E-state index in [1.54, 1.807) is 0 Å². The van der Waals surface area contributed by atoms with Crippen LogP contribution in [0.4, 0.5) is 5.69 Å². The number of nitrogens with one attached hydrogen (secondary N) is 1. The fourth-order valence-corrected chi connectivity index (χ4v) is 3.04. The minimum absolute atomic E-state index is 0.608. The lowest BCUT2D eigenvalue weighted by molar-refractivity contribution is 0.754. The maximum atomic E-state index is 8.91. The number of rotatable bonds is 3. The number of amidine groups is 1. The predicted molar refractivity (Wildman–Crippen MR) is 78.1 cm³/mol. The second-order valence-electron chi connectivity index (χ2n) is 4.44. The number of nitrogens with zero attached hydrogens (tertiary/aromatic N) is 2. The van der Waals surface area contributed by atoms with E-state index < -0.39 is 0 Å². The lowest BCUT2D eigenvalue weighted by Gasteiger charge is -2.10. The third-order valence-corrected chi connectivity index (χ3v) is 4.11. The van der Waals surface area contributed by atoms with E-state index in [0.29, 0.717) is 10.8 Å². The zero-order chi connectivity index (χ0) is 13.0. The van der Waals surface area contributed by atoms with Gasteiger partial charge in [0.05, 0.1) is 18.2 Å². The van der Waals surface area contributed by atoms with E-state index in [4.69, 9.17) is 5.26 Å². The molecule has 1 aromatic carbocycles. The van der Waals surface area contributed by atoms with Gasteiger partial charge in [-0.15, -0.1) is 0 Å².